The number of hydrogen-bond acceptors (Lipinski definition) is 3. The first-order valence-electron chi connectivity index (χ1n) is 4.80. The van der Waals surface area contributed by atoms with Gasteiger partial charge in [-0.2, -0.15) is 0 Å². The number of allylic oxidation sites excluding steroid dienone is 2. The van der Waals surface area contributed by atoms with E-state index in [-0.39, 0.29) is 6.61 Å². The lowest BCUT2D eigenvalue weighted by Gasteiger charge is -1.97. The van der Waals surface area contributed by atoms with E-state index in [9.17, 15) is 9.59 Å². The number of ether oxygens (including phenoxy) is 1. The molecule has 0 atom stereocenters. The Kier molecular flexibility index (Phi) is 8.05. The minimum absolute atomic E-state index is 0.139. The van der Waals surface area contributed by atoms with Crippen LogP contribution in [0.3, 0.4) is 0 Å². The first-order valence-corrected chi connectivity index (χ1v) is 4.80. The van der Waals surface area contributed by atoms with Gasteiger partial charge >= 0.3 is 11.9 Å². The summed E-state index contributed by atoms with van der Waals surface area (Å²) in [5, 5.41) is 8.26. The van der Waals surface area contributed by atoms with Crippen LogP contribution in [-0.4, -0.2) is 23.7 Å². The zero-order valence-corrected chi connectivity index (χ0v) is 8.65. The summed E-state index contributed by atoms with van der Waals surface area (Å²) in [6.07, 6.45) is 7.76. The summed E-state index contributed by atoms with van der Waals surface area (Å²) in [6, 6.07) is 0. The molecule has 0 unspecified atom stereocenters. The highest BCUT2D eigenvalue weighted by molar-refractivity contribution is 5.90. The van der Waals surface area contributed by atoms with Gasteiger partial charge in [-0.05, 0) is 19.3 Å². The molecule has 0 aromatic rings. The normalized spacial score (nSPS) is 10.1. The molecular formula is C11H16O4. The maximum Gasteiger partial charge on any atom is 0.317 e. The molecule has 0 aliphatic heterocycles. The molecule has 0 spiro atoms. The van der Waals surface area contributed by atoms with Crippen LogP contribution in [0.1, 0.15) is 25.7 Å². The summed E-state index contributed by atoms with van der Waals surface area (Å²) < 4.78 is 4.63. The van der Waals surface area contributed by atoms with E-state index in [0.717, 1.165) is 19.3 Å². The maximum absolute atomic E-state index is 10.7. The van der Waals surface area contributed by atoms with Gasteiger partial charge in [0.1, 0.15) is 13.0 Å². The van der Waals surface area contributed by atoms with Gasteiger partial charge in [-0.25, -0.2) is 0 Å². The molecule has 0 heterocycles. The highest BCUT2D eigenvalue weighted by Crippen LogP contribution is 1.96. The minimum Gasteiger partial charge on any atom is -0.481 e. The van der Waals surface area contributed by atoms with Crippen molar-refractivity contribution < 1.29 is 19.4 Å². The molecule has 0 aromatic carbocycles. The molecular weight excluding hydrogens is 196 g/mol. The molecule has 0 amide bonds. The van der Waals surface area contributed by atoms with Gasteiger partial charge in [0.2, 0.25) is 0 Å². The Labute approximate surface area is 89.2 Å². The van der Waals surface area contributed by atoms with Crippen LogP contribution in [0, 0.1) is 0 Å². The topological polar surface area (TPSA) is 63.6 Å². The Balaban J connectivity index is 3.40. The zero-order chi connectivity index (χ0) is 11.5. The summed E-state index contributed by atoms with van der Waals surface area (Å²) in [5.74, 6) is -1.88. The second-order valence-electron chi connectivity index (χ2n) is 2.94. The van der Waals surface area contributed by atoms with Crippen LogP contribution in [-0.2, 0) is 14.3 Å². The van der Waals surface area contributed by atoms with Crippen molar-refractivity contribution in [3.8, 4) is 0 Å². The summed E-state index contributed by atoms with van der Waals surface area (Å²) >= 11 is 0. The first-order chi connectivity index (χ1) is 7.16. The molecule has 15 heavy (non-hydrogen) atoms. The lowest BCUT2D eigenvalue weighted by atomic mass is 10.2. The fourth-order valence-corrected chi connectivity index (χ4v) is 0.881. The predicted octanol–water partition coefficient (Wildman–Crippen LogP) is 1.92. The van der Waals surface area contributed by atoms with Crippen LogP contribution in [0.25, 0.3) is 0 Å². The van der Waals surface area contributed by atoms with Gasteiger partial charge in [0.05, 0.1) is 0 Å². The van der Waals surface area contributed by atoms with Crippen molar-refractivity contribution in [2.45, 2.75) is 25.7 Å². The van der Waals surface area contributed by atoms with Gasteiger partial charge in [0.15, 0.2) is 0 Å². The fraction of sp³-hybridized carbons (Fsp3) is 0.455. The van der Waals surface area contributed by atoms with Crippen molar-refractivity contribution in [3.05, 3.63) is 24.8 Å². The third-order valence-corrected chi connectivity index (χ3v) is 1.58. The number of hydrogen-bond donors (Lipinski definition) is 1. The molecule has 0 fully saturated rings. The van der Waals surface area contributed by atoms with Crippen molar-refractivity contribution in [2.75, 3.05) is 6.61 Å². The monoisotopic (exact) mass is 212 g/mol. The number of aliphatic carboxylic acids is 1. The van der Waals surface area contributed by atoms with E-state index >= 15 is 0 Å². The van der Waals surface area contributed by atoms with E-state index in [0.29, 0.717) is 0 Å². The standard InChI is InChI=1S/C11H16O4/c1-2-3-4-5-6-7-8-15-11(14)9-10(12)13/h2,6-7H,1,3-5,8-9H2,(H,12,13). The Bertz CT molecular complexity index is 243. The smallest absolute Gasteiger partial charge is 0.317 e. The maximum atomic E-state index is 10.7. The summed E-state index contributed by atoms with van der Waals surface area (Å²) in [5.41, 5.74) is 0. The second-order valence-corrected chi connectivity index (χ2v) is 2.94. The zero-order valence-electron chi connectivity index (χ0n) is 8.65. The van der Waals surface area contributed by atoms with Gasteiger partial charge in [0, 0.05) is 0 Å². The largest absolute Gasteiger partial charge is 0.481 e. The molecule has 0 saturated carbocycles. The van der Waals surface area contributed by atoms with Crippen LogP contribution < -0.4 is 0 Å². The van der Waals surface area contributed by atoms with Crippen molar-refractivity contribution in [3.63, 3.8) is 0 Å². The molecule has 0 rings (SSSR count). The predicted molar refractivity (Wildman–Crippen MR) is 56.4 cm³/mol. The summed E-state index contributed by atoms with van der Waals surface area (Å²) in [4.78, 5) is 20.8. The summed E-state index contributed by atoms with van der Waals surface area (Å²) in [7, 11) is 0. The second kappa shape index (κ2) is 8.99. The highest BCUT2D eigenvalue weighted by Gasteiger charge is 2.06. The van der Waals surface area contributed by atoms with E-state index in [1.807, 2.05) is 12.2 Å². The SMILES string of the molecule is C=CCCCC=CCOC(=O)CC(=O)O. The van der Waals surface area contributed by atoms with Crippen LogP contribution in [0.2, 0.25) is 0 Å². The van der Waals surface area contributed by atoms with Gasteiger partial charge in [-0.1, -0.05) is 18.2 Å². The third kappa shape index (κ3) is 10.3. The number of carbonyl (C=O) groups is 2. The van der Waals surface area contributed by atoms with E-state index in [1.165, 1.54) is 0 Å². The quantitative estimate of drug-likeness (QED) is 0.289. The average molecular weight is 212 g/mol. The highest BCUT2D eigenvalue weighted by atomic mass is 16.5. The molecule has 0 radical (unpaired) electrons. The lowest BCUT2D eigenvalue weighted by Crippen LogP contribution is -2.10. The van der Waals surface area contributed by atoms with Crippen LogP contribution >= 0.6 is 0 Å². The van der Waals surface area contributed by atoms with Gasteiger partial charge in [-0.3, -0.25) is 9.59 Å². The Morgan fingerprint density at radius 1 is 1.27 bits per heavy atom. The number of esters is 1. The van der Waals surface area contributed by atoms with Gasteiger partial charge < -0.3 is 9.84 Å². The Morgan fingerprint density at radius 2 is 2.00 bits per heavy atom. The van der Waals surface area contributed by atoms with E-state index in [4.69, 9.17) is 5.11 Å². The van der Waals surface area contributed by atoms with Crippen molar-refractivity contribution in [2.24, 2.45) is 0 Å². The minimum atomic E-state index is -1.17. The van der Waals surface area contributed by atoms with Crippen LogP contribution in [0.4, 0.5) is 0 Å². The Hall–Kier alpha value is -1.58. The number of rotatable bonds is 8. The number of carbonyl (C=O) groups excluding carboxylic acids is 1. The molecule has 0 aliphatic carbocycles. The first kappa shape index (κ1) is 13.4. The van der Waals surface area contributed by atoms with E-state index in [1.54, 1.807) is 6.08 Å². The van der Waals surface area contributed by atoms with Crippen molar-refractivity contribution in [1.29, 1.82) is 0 Å². The molecule has 0 bridgehead atoms. The van der Waals surface area contributed by atoms with Gasteiger partial charge in [0.25, 0.3) is 0 Å². The molecule has 0 aromatic heterocycles. The summed E-state index contributed by atoms with van der Waals surface area (Å²) in [6.45, 7) is 3.74. The fourth-order valence-electron chi connectivity index (χ4n) is 0.881. The van der Waals surface area contributed by atoms with Gasteiger partial charge in [-0.15, -0.1) is 6.58 Å². The molecule has 4 heteroatoms. The van der Waals surface area contributed by atoms with E-state index < -0.39 is 18.4 Å². The molecule has 1 N–H and O–H groups in total. The molecule has 4 nitrogen and oxygen atoms in total. The van der Waals surface area contributed by atoms with Crippen LogP contribution in [0.15, 0.2) is 24.8 Å². The lowest BCUT2D eigenvalue weighted by molar-refractivity contribution is -0.150. The van der Waals surface area contributed by atoms with Crippen LogP contribution in [0.5, 0.6) is 0 Å². The van der Waals surface area contributed by atoms with Crippen molar-refractivity contribution in [1.82, 2.24) is 0 Å². The molecule has 0 saturated heterocycles. The van der Waals surface area contributed by atoms with Crippen molar-refractivity contribution >= 4 is 11.9 Å². The third-order valence-electron chi connectivity index (χ3n) is 1.58. The number of carboxylic acids is 1. The Morgan fingerprint density at radius 3 is 2.60 bits per heavy atom. The molecule has 0 aliphatic rings. The number of unbranched alkanes of at least 4 members (excludes halogenated alkanes) is 2. The average Bonchev–Trinajstić information content (AvgIpc) is 2.15. The van der Waals surface area contributed by atoms with E-state index in [2.05, 4.69) is 11.3 Å². The molecule has 84 valence electrons. The number of carboxylic acid groups (broad SMARTS) is 1.